The predicted octanol–water partition coefficient (Wildman–Crippen LogP) is 5.68. The molecule has 0 spiro atoms. The summed E-state index contributed by atoms with van der Waals surface area (Å²) in [5.41, 5.74) is 0. The van der Waals surface area contributed by atoms with Crippen molar-refractivity contribution in [2.75, 3.05) is 0 Å². The Labute approximate surface area is 166 Å². The Kier molecular flexibility index (Phi) is 12.2. The molecular formula is C21H40O5S. The highest BCUT2D eigenvalue weighted by Crippen LogP contribution is 2.26. The lowest BCUT2D eigenvalue weighted by molar-refractivity contribution is -0.150. The average Bonchev–Trinajstić information content (AvgIpc) is 2.59. The van der Waals surface area contributed by atoms with Gasteiger partial charge in [0.1, 0.15) is 6.10 Å². The zero-order valence-electron chi connectivity index (χ0n) is 17.3. The van der Waals surface area contributed by atoms with E-state index in [4.69, 9.17) is 9.29 Å². The summed E-state index contributed by atoms with van der Waals surface area (Å²) in [6, 6.07) is 0. The van der Waals surface area contributed by atoms with Crippen LogP contribution < -0.4 is 0 Å². The molecule has 0 amide bonds. The molecule has 0 aromatic rings. The summed E-state index contributed by atoms with van der Waals surface area (Å²) >= 11 is 0. The Morgan fingerprint density at radius 3 is 1.85 bits per heavy atom. The summed E-state index contributed by atoms with van der Waals surface area (Å²) < 4.78 is 36.7. The molecule has 1 fully saturated rings. The first-order valence-corrected chi connectivity index (χ1v) is 12.4. The topological polar surface area (TPSA) is 80.7 Å². The summed E-state index contributed by atoms with van der Waals surface area (Å²) in [7, 11) is -3.95. The molecule has 6 heteroatoms. The predicted molar refractivity (Wildman–Crippen MR) is 109 cm³/mol. The minimum atomic E-state index is -3.95. The normalized spacial score (nSPS) is 20.7. The Morgan fingerprint density at radius 1 is 0.889 bits per heavy atom. The van der Waals surface area contributed by atoms with Gasteiger partial charge in [-0.15, -0.1) is 0 Å². The third kappa shape index (κ3) is 12.5. The largest absolute Gasteiger partial charge is 0.462 e. The lowest BCUT2D eigenvalue weighted by atomic mass is 9.97. The monoisotopic (exact) mass is 404 g/mol. The molecule has 0 bridgehead atoms. The molecule has 0 aromatic carbocycles. The van der Waals surface area contributed by atoms with Crippen molar-refractivity contribution in [1.82, 2.24) is 0 Å². The molecule has 1 aliphatic carbocycles. The molecule has 160 valence electrons. The minimum Gasteiger partial charge on any atom is -0.462 e. The van der Waals surface area contributed by atoms with Crippen LogP contribution in [0.4, 0.5) is 0 Å². The molecule has 0 aliphatic heterocycles. The van der Waals surface area contributed by atoms with E-state index in [1.54, 1.807) is 0 Å². The Morgan fingerprint density at radius 2 is 1.37 bits per heavy atom. The zero-order chi connectivity index (χ0) is 20.1. The van der Waals surface area contributed by atoms with E-state index in [2.05, 4.69) is 13.8 Å². The van der Waals surface area contributed by atoms with Crippen molar-refractivity contribution in [3.05, 3.63) is 0 Å². The smallest absolute Gasteiger partial charge is 0.306 e. The number of unbranched alkanes of at least 4 members (excludes halogenated alkanes) is 8. The van der Waals surface area contributed by atoms with Crippen molar-refractivity contribution in [2.45, 2.75) is 122 Å². The van der Waals surface area contributed by atoms with E-state index in [9.17, 15) is 13.2 Å². The van der Waals surface area contributed by atoms with E-state index in [1.165, 1.54) is 51.4 Å². The second kappa shape index (κ2) is 13.5. The van der Waals surface area contributed by atoms with E-state index >= 15 is 0 Å². The fraction of sp³-hybridized carbons (Fsp3) is 0.952. The van der Waals surface area contributed by atoms with Crippen LogP contribution in [0.25, 0.3) is 0 Å². The molecular weight excluding hydrogens is 364 g/mol. The maximum absolute atomic E-state index is 11.9. The highest BCUT2D eigenvalue weighted by Gasteiger charge is 2.30. The van der Waals surface area contributed by atoms with Crippen molar-refractivity contribution in [3.63, 3.8) is 0 Å². The Balaban J connectivity index is 1.92. The van der Waals surface area contributed by atoms with Crippen molar-refractivity contribution < 1.29 is 22.5 Å². The van der Waals surface area contributed by atoms with Gasteiger partial charge < -0.3 is 4.74 Å². The standard InChI is InChI=1S/C21H40O5S/c1-18(2)12-10-8-6-4-3-5-7-9-11-13-21(22)26-19-14-16-20(17-15-19)27(23,24)25/h18-20H,3-17H2,1-2H3,(H,23,24,25). The van der Waals surface area contributed by atoms with Gasteiger partial charge in [-0.1, -0.05) is 71.6 Å². The van der Waals surface area contributed by atoms with Crippen LogP contribution in [0.2, 0.25) is 0 Å². The molecule has 5 nitrogen and oxygen atoms in total. The highest BCUT2D eigenvalue weighted by molar-refractivity contribution is 7.86. The first-order chi connectivity index (χ1) is 12.8. The van der Waals surface area contributed by atoms with Gasteiger partial charge in [0.25, 0.3) is 10.1 Å². The van der Waals surface area contributed by atoms with Crippen molar-refractivity contribution in [2.24, 2.45) is 5.92 Å². The van der Waals surface area contributed by atoms with Crippen LogP contribution in [-0.2, 0) is 19.6 Å². The number of hydrogen-bond donors (Lipinski definition) is 1. The molecule has 0 radical (unpaired) electrons. The molecule has 0 heterocycles. The number of esters is 1. The molecule has 0 saturated heterocycles. The van der Waals surface area contributed by atoms with E-state index in [1.807, 2.05) is 0 Å². The summed E-state index contributed by atoms with van der Waals surface area (Å²) in [6.45, 7) is 4.56. The molecule has 1 rings (SSSR count). The van der Waals surface area contributed by atoms with Gasteiger partial charge >= 0.3 is 5.97 Å². The average molecular weight is 405 g/mol. The SMILES string of the molecule is CC(C)CCCCCCCCCCCC(=O)OC1CCC(S(=O)(=O)O)CC1. The number of carbonyl (C=O) groups is 1. The van der Waals surface area contributed by atoms with Gasteiger partial charge in [0, 0.05) is 6.42 Å². The van der Waals surface area contributed by atoms with E-state index < -0.39 is 15.4 Å². The minimum absolute atomic E-state index is 0.171. The molecule has 1 saturated carbocycles. The lowest BCUT2D eigenvalue weighted by Gasteiger charge is -2.26. The molecule has 0 atom stereocenters. The maximum Gasteiger partial charge on any atom is 0.306 e. The second-order valence-corrected chi connectivity index (χ2v) is 10.2. The van der Waals surface area contributed by atoms with Crippen molar-refractivity contribution >= 4 is 16.1 Å². The van der Waals surface area contributed by atoms with Crippen LogP contribution in [0.5, 0.6) is 0 Å². The number of rotatable bonds is 14. The zero-order valence-corrected chi connectivity index (χ0v) is 18.1. The van der Waals surface area contributed by atoms with E-state index in [-0.39, 0.29) is 12.1 Å². The van der Waals surface area contributed by atoms with Gasteiger partial charge in [-0.3, -0.25) is 9.35 Å². The fourth-order valence-corrected chi connectivity index (χ4v) is 4.62. The second-order valence-electron chi connectivity index (χ2n) is 8.52. The first-order valence-electron chi connectivity index (χ1n) is 10.9. The molecule has 0 unspecified atom stereocenters. The van der Waals surface area contributed by atoms with Crippen LogP contribution >= 0.6 is 0 Å². The maximum atomic E-state index is 11.9. The van der Waals surface area contributed by atoms with Crippen LogP contribution in [-0.4, -0.2) is 30.3 Å². The van der Waals surface area contributed by atoms with Gasteiger partial charge in [0.05, 0.1) is 5.25 Å². The summed E-state index contributed by atoms with van der Waals surface area (Å²) in [6.07, 6.45) is 14.4. The van der Waals surface area contributed by atoms with Crippen LogP contribution in [0.1, 0.15) is 110 Å². The first kappa shape index (κ1) is 24.4. The molecule has 1 N–H and O–H groups in total. The Hall–Kier alpha value is -0.620. The van der Waals surface area contributed by atoms with Gasteiger partial charge in [-0.25, -0.2) is 0 Å². The highest BCUT2D eigenvalue weighted by atomic mass is 32.2. The third-order valence-corrected chi connectivity index (χ3v) is 6.82. The lowest BCUT2D eigenvalue weighted by Crippen LogP contribution is -2.31. The molecule has 1 aliphatic rings. The van der Waals surface area contributed by atoms with Crippen molar-refractivity contribution in [1.29, 1.82) is 0 Å². The fourth-order valence-electron chi connectivity index (χ4n) is 3.75. The quantitative estimate of drug-likeness (QED) is 0.229. The molecule has 0 aromatic heterocycles. The van der Waals surface area contributed by atoms with Gasteiger partial charge in [-0.05, 0) is 38.0 Å². The summed E-state index contributed by atoms with van der Waals surface area (Å²) in [5, 5.41) is -0.692. The number of carbonyl (C=O) groups excluding carboxylic acids is 1. The summed E-state index contributed by atoms with van der Waals surface area (Å²) in [5.74, 6) is 0.652. The number of ether oxygens (including phenoxy) is 1. The molecule has 27 heavy (non-hydrogen) atoms. The van der Waals surface area contributed by atoms with Gasteiger partial charge in [0.15, 0.2) is 0 Å². The van der Waals surface area contributed by atoms with Crippen LogP contribution in [0.15, 0.2) is 0 Å². The van der Waals surface area contributed by atoms with E-state index in [0.29, 0.717) is 32.1 Å². The third-order valence-electron chi connectivity index (χ3n) is 5.50. The van der Waals surface area contributed by atoms with Crippen molar-refractivity contribution in [3.8, 4) is 0 Å². The van der Waals surface area contributed by atoms with Crippen LogP contribution in [0, 0.1) is 5.92 Å². The number of hydrogen-bond acceptors (Lipinski definition) is 4. The summed E-state index contributed by atoms with van der Waals surface area (Å²) in [4.78, 5) is 11.9. The van der Waals surface area contributed by atoms with Gasteiger partial charge in [-0.2, -0.15) is 8.42 Å². The van der Waals surface area contributed by atoms with Gasteiger partial charge in [0.2, 0.25) is 0 Å². The van der Waals surface area contributed by atoms with Crippen LogP contribution in [0.3, 0.4) is 0 Å². The van der Waals surface area contributed by atoms with E-state index in [0.717, 1.165) is 18.8 Å². The Bertz CT molecular complexity index is 493.